The number of esters is 1. The van der Waals surface area contributed by atoms with E-state index in [9.17, 15) is 9.59 Å². The number of piperidine rings is 1. The Kier molecular flexibility index (Phi) is 9.91. The summed E-state index contributed by atoms with van der Waals surface area (Å²) in [6.45, 7) is 8.64. The second-order valence-electron chi connectivity index (χ2n) is 9.22. The highest BCUT2D eigenvalue weighted by molar-refractivity contribution is 5.88. The van der Waals surface area contributed by atoms with Gasteiger partial charge in [0.15, 0.2) is 6.73 Å². The number of unbranched alkanes of at least 4 members (excludes halogenated alkanes) is 6. The van der Waals surface area contributed by atoms with E-state index < -0.39 is 0 Å². The lowest BCUT2D eigenvalue weighted by Crippen LogP contribution is -2.49. The van der Waals surface area contributed by atoms with Crippen LogP contribution in [0.15, 0.2) is 31.2 Å². The Bertz CT molecular complexity index is 957. The molecule has 8 nitrogen and oxygen atoms in total. The van der Waals surface area contributed by atoms with Gasteiger partial charge in [-0.15, -0.1) is 0 Å². The van der Waals surface area contributed by atoms with Crippen molar-refractivity contribution in [3.8, 4) is 0 Å². The van der Waals surface area contributed by atoms with Gasteiger partial charge in [-0.25, -0.2) is 9.97 Å². The van der Waals surface area contributed by atoms with Crippen molar-refractivity contribution in [3.05, 3.63) is 31.2 Å². The third-order valence-corrected chi connectivity index (χ3v) is 6.59. The molecule has 3 rings (SSSR count). The summed E-state index contributed by atoms with van der Waals surface area (Å²) in [5.41, 5.74) is 0.712. The van der Waals surface area contributed by atoms with E-state index >= 15 is 0 Å². The summed E-state index contributed by atoms with van der Waals surface area (Å²) >= 11 is 0. The lowest BCUT2D eigenvalue weighted by Gasteiger charge is -2.38. The monoisotopic (exact) mass is 469 g/mol. The maximum atomic E-state index is 12.2. The lowest BCUT2D eigenvalue weighted by molar-refractivity contribution is -0.147. The van der Waals surface area contributed by atoms with Gasteiger partial charge in [-0.2, -0.15) is 0 Å². The molecule has 1 aliphatic heterocycles. The second-order valence-corrected chi connectivity index (χ2v) is 9.22. The highest BCUT2D eigenvalue weighted by atomic mass is 16.5. The molecule has 0 bridgehead atoms. The highest BCUT2D eigenvalue weighted by Gasteiger charge is 2.28. The molecule has 0 saturated carbocycles. The van der Waals surface area contributed by atoms with Crippen molar-refractivity contribution in [2.75, 3.05) is 11.9 Å². The molecule has 1 fully saturated rings. The Morgan fingerprint density at radius 3 is 2.71 bits per heavy atom. The van der Waals surface area contributed by atoms with Gasteiger partial charge in [0.05, 0.1) is 5.39 Å². The van der Waals surface area contributed by atoms with Crippen molar-refractivity contribution < 1.29 is 14.3 Å². The van der Waals surface area contributed by atoms with Gasteiger partial charge in [-0.3, -0.25) is 14.2 Å². The van der Waals surface area contributed by atoms with Crippen molar-refractivity contribution in [3.63, 3.8) is 0 Å². The summed E-state index contributed by atoms with van der Waals surface area (Å²) in [6.07, 6.45) is 15.3. The highest BCUT2D eigenvalue weighted by Crippen LogP contribution is 2.25. The molecule has 0 spiro atoms. The van der Waals surface area contributed by atoms with Gasteiger partial charge in [0, 0.05) is 31.2 Å². The number of ether oxygens (including phenoxy) is 1. The molecule has 1 amide bonds. The zero-order chi connectivity index (χ0) is 24.3. The number of fused-ring (bicyclic) bond motifs is 1. The van der Waals surface area contributed by atoms with Gasteiger partial charge < -0.3 is 15.0 Å². The summed E-state index contributed by atoms with van der Waals surface area (Å²) in [7, 11) is 0. The molecule has 2 aromatic heterocycles. The molecule has 2 atom stereocenters. The fourth-order valence-corrected chi connectivity index (χ4v) is 4.51. The first kappa shape index (κ1) is 25.7. The van der Waals surface area contributed by atoms with Gasteiger partial charge in [0.25, 0.3) is 0 Å². The summed E-state index contributed by atoms with van der Waals surface area (Å²) in [6, 6.07) is 2.23. The van der Waals surface area contributed by atoms with E-state index in [0.29, 0.717) is 18.6 Å². The number of likely N-dealkylation sites (tertiary alicyclic amines) is 1. The average Bonchev–Trinajstić information content (AvgIpc) is 3.27. The van der Waals surface area contributed by atoms with Crippen LogP contribution in [0.4, 0.5) is 5.82 Å². The van der Waals surface area contributed by atoms with Gasteiger partial charge in [-0.1, -0.05) is 52.0 Å². The van der Waals surface area contributed by atoms with Gasteiger partial charge >= 0.3 is 5.97 Å². The zero-order valence-corrected chi connectivity index (χ0v) is 20.7. The molecule has 0 aromatic carbocycles. The van der Waals surface area contributed by atoms with Crippen molar-refractivity contribution in [1.29, 1.82) is 0 Å². The Morgan fingerprint density at radius 1 is 1.18 bits per heavy atom. The third kappa shape index (κ3) is 7.05. The Labute approximate surface area is 202 Å². The predicted octanol–water partition coefficient (Wildman–Crippen LogP) is 5.05. The van der Waals surface area contributed by atoms with Gasteiger partial charge in [0.2, 0.25) is 5.91 Å². The molecular formula is C26H39N5O3. The molecule has 8 heteroatoms. The van der Waals surface area contributed by atoms with Gasteiger partial charge in [-0.05, 0) is 38.3 Å². The Morgan fingerprint density at radius 2 is 1.94 bits per heavy atom. The molecule has 186 valence electrons. The first-order valence-corrected chi connectivity index (χ1v) is 12.7. The van der Waals surface area contributed by atoms with Crippen LogP contribution in [0.25, 0.3) is 11.0 Å². The molecule has 34 heavy (non-hydrogen) atoms. The SMILES string of the molecule is C=CC(=O)N1C[C@H](Nc2ncnc3c2ccn3COC(=O)CCCCCCCCC)CC[C@@H]1C. The van der Waals surface area contributed by atoms with Crippen LogP contribution in [0.2, 0.25) is 0 Å². The topological polar surface area (TPSA) is 89.3 Å². The Balaban J connectivity index is 1.51. The number of carbonyl (C=O) groups is 2. The summed E-state index contributed by atoms with van der Waals surface area (Å²) < 4.78 is 7.30. The minimum Gasteiger partial charge on any atom is -0.444 e. The standard InChI is InChI=1S/C26H39N5O3/c1-4-6-7-8-9-10-11-12-24(33)34-19-30-16-15-22-25(27-18-28-26(22)30)29-21-14-13-20(3)31(17-21)23(32)5-2/h5,15-16,18,20-21H,2,4,6-14,17,19H2,1,3H3,(H,27,28,29)/t20-,21+/m0/s1. The minimum absolute atomic E-state index is 0.0451. The number of nitrogens with zero attached hydrogens (tertiary/aromatic N) is 4. The van der Waals surface area contributed by atoms with Crippen LogP contribution in [0.1, 0.15) is 78.1 Å². The zero-order valence-electron chi connectivity index (χ0n) is 20.7. The number of aromatic nitrogens is 3. The van der Waals surface area contributed by atoms with Crippen molar-refractivity contribution >= 4 is 28.7 Å². The number of hydrogen-bond donors (Lipinski definition) is 1. The van der Waals surface area contributed by atoms with E-state index in [1.54, 1.807) is 0 Å². The molecule has 0 aliphatic carbocycles. The summed E-state index contributed by atoms with van der Waals surface area (Å²) in [5, 5.41) is 4.35. The maximum absolute atomic E-state index is 12.2. The molecule has 1 N–H and O–H groups in total. The number of hydrogen-bond acceptors (Lipinski definition) is 6. The largest absolute Gasteiger partial charge is 0.444 e. The summed E-state index contributed by atoms with van der Waals surface area (Å²) in [4.78, 5) is 35.0. The van der Waals surface area contributed by atoms with E-state index in [-0.39, 0.29) is 30.7 Å². The molecule has 1 saturated heterocycles. The fraction of sp³-hybridized carbons (Fsp3) is 0.615. The van der Waals surface area contributed by atoms with Crippen LogP contribution in [0.3, 0.4) is 0 Å². The number of nitrogens with one attached hydrogen (secondary N) is 1. The minimum atomic E-state index is -0.175. The van der Waals surface area contributed by atoms with Crippen LogP contribution < -0.4 is 5.32 Å². The van der Waals surface area contributed by atoms with Crippen LogP contribution in [0.5, 0.6) is 0 Å². The average molecular weight is 470 g/mol. The second kappa shape index (κ2) is 13.1. The Hall–Kier alpha value is -2.90. The number of amides is 1. The van der Waals surface area contributed by atoms with E-state index in [2.05, 4.69) is 35.7 Å². The lowest BCUT2D eigenvalue weighted by atomic mass is 9.99. The maximum Gasteiger partial charge on any atom is 0.307 e. The van der Waals surface area contributed by atoms with Crippen LogP contribution in [-0.4, -0.2) is 49.9 Å². The van der Waals surface area contributed by atoms with E-state index in [0.717, 1.165) is 36.9 Å². The normalized spacial score (nSPS) is 18.1. The molecule has 3 heterocycles. The van der Waals surface area contributed by atoms with Crippen LogP contribution in [-0.2, 0) is 21.1 Å². The first-order valence-electron chi connectivity index (χ1n) is 12.7. The molecule has 0 radical (unpaired) electrons. The molecular weight excluding hydrogens is 430 g/mol. The molecule has 0 unspecified atom stereocenters. The molecule has 2 aromatic rings. The van der Waals surface area contributed by atoms with Crippen LogP contribution in [0, 0.1) is 0 Å². The smallest absolute Gasteiger partial charge is 0.307 e. The summed E-state index contributed by atoms with van der Waals surface area (Å²) in [5.74, 6) is 0.506. The van der Waals surface area contributed by atoms with Crippen molar-refractivity contribution in [1.82, 2.24) is 19.4 Å². The number of anilines is 1. The third-order valence-electron chi connectivity index (χ3n) is 6.59. The fourth-order valence-electron chi connectivity index (χ4n) is 4.51. The van der Waals surface area contributed by atoms with E-state index in [1.165, 1.54) is 44.5 Å². The quantitative estimate of drug-likeness (QED) is 0.251. The van der Waals surface area contributed by atoms with Gasteiger partial charge in [0.1, 0.15) is 17.8 Å². The number of carbonyl (C=O) groups excluding carboxylic acids is 2. The van der Waals surface area contributed by atoms with Crippen LogP contribution >= 0.6 is 0 Å². The van der Waals surface area contributed by atoms with E-state index in [4.69, 9.17) is 4.74 Å². The van der Waals surface area contributed by atoms with E-state index in [1.807, 2.05) is 21.7 Å². The predicted molar refractivity (Wildman–Crippen MR) is 134 cm³/mol. The molecule has 1 aliphatic rings. The first-order chi connectivity index (χ1) is 16.5. The van der Waals surface area contributed by atoms with Crippen molar-refractivity contribution in [2.24, 2.45) is 0 Å². The van der Waals surface area contributed by atoms with Crippen molar-refractivity contribution in [2.45, 2.75) is 96.9 Å². The number of rotatable bonds is 13.